The van der Waals surface area contributed by atoms with Gasteiger partial charge in [0, 0.05) is 37.3 Å². The zero-order valence-corrected chi connectivity index (χ0v) is 12.5. The van der Waals surface area contributed by atoms with E-state index in [0.717, 1.165) is 12.6 Å². The molecular weight excluding hydrogens is 222 g/mol. The molecule has 2 rings (SSSR count). The lowest BCUT2D eigenvalue weighted by Gasteiger charge is -2.52. The van der Waals surface area contributed by atoms with Gasteiger partial charge in [-0.3, -0.25) is 9.80 Å². The van der Waals surface area contributed by atoms with Crippen molar-refractivity contribution < 1.29 is 0 Å². The minimum atomic E-state index is 0.253. The van der Waals surface area contributed by atoms with Crippen LogP contribution in [-0.2, 0) is 0 Å². The lowest BCUT2D eigenvalue weighted by atomic mass is 9.85. The summed E-state index contributed by atoms with van der Waals surface area (Å²) in [6.45, 7) is 11.6. The number of nitrogens with zero attached hydrogens (tertiary/aromatic N) is 2. The molecule has 2 aliphatic rings. The summed E-state index contributed by atoms with van der Waals surface area (Å²) in [6.07, 6.45) is 6.45. The molecule has 106 valence electrons. The molecule has 0 aromatic rings. The van der Waals surface area contributed by atoms with Crippen LogP contribution in [-0.4, -0.2) is 53.6 Å². The van der Waals surface area contributed by atoms with Crippen molar-refractivity contribution in [3.63, 3.8) is 0 Å². The fraction of sp³-hybridized carbons (Fsp3) is 1.00. The van der Waals surface area contributed by atoms with E-state index < -0.39 is 0 Å². The summed E-state index contributed by atoms with van der Waals surface area (Å²) in [5.41, 5.74) is 6.43. The molecule has 3 nitrogen and oxygen atoms in total. The van der Waals surface area contributed by atoms with Crippen LogP contribution in [0.5, 0.6) is 0 Å². The van der Waals surface area contributed by atoms with Gasteiger partial charge in [0.1, 0.15) is 0 Å². The van der Waals surface area contributed by atoms with Crippen molar-refractivity contribution in [2.75, 3.05) is 26.2 Å². The molecule has 2 fully saturated rings. The average molecular weight is 253 g/mol. The van der Waals surface area contributed by atoms with Crippen molar-refractivity contribution in [1.82, 2.24) is 9.80 Å². The Morgan fingerprint density at radius 2 is 2.06 bits per heavy atom. The summed E-state index contributed by atoms with van der Waals surface area (Å²) in [6, 6.07) is 1.46. The lowest BCUT2D eigenvalue weighted by Crippen LogP contribution is -2.65. The Morgan fingerprint density at radius 1 is 1.28 bits per heavy atom. The Bertz CT molecular complexity index is 262. The van der Waals surface area contributed by atoms with E-state index in [1.54, 1.807) is 0 Å². The number of piperazine rings is 1. The van der Waals surface area contributed by atoms with E-state index in [9.17, 15) is 0 Å². The summed E-state index contributed by atoms with van der Waals surface area (Å²) in [5, 5.41) is 0. The molecule has 3 unspecified atom stereocenters. The molecule has 2 saturated heterocycles. The summed E-state index contributed by atoms with van der Waals surface area (Å²) in [4.78, 5) is 5.45. The number of rotatable bonds is 5. The van der Waals surface area contributed by atoms with Crippen molar-refractivity contribution in [3.05, 3.63) is 0 Å². The molecule has 2 aliphatic heterocycles. The first kappa shape index (κ1) is 14.3. The van der Waals surface area contributed by atoms with E-state index in [2.05, 4.69) is 30.6 Å². The van der Waals surface area contributed by atoms with E-state index in [1.165, 1.54) is 51.7 Å². The molecular formula is C15H31N3. The predicted octanol–water partition coefficient (Wildman–Crippen LogP) is 2.06. The zero-order valence-electron chi connectivity index (χ0n) is 12.5. The minimum absolute atomic E-state index is 0.253. The van der Waals surface area contributed by atoms with Gasteiger partial charge in [-0.25, -0.2) is 0 Å². The van der Waals surface area contributed by atoms with Crippen molar-refractivity contribution >= 4 is 0 Å². The molecule has 3 heteroatoms. The Kier molecular flexibility index (Phi) is 4.68. The highest BCUT2D eigenvalue weighted by atomic mass is 15.3. The van der Waals surface area contributed by atoms with Crippen molar-refractivity contribution in [2.24, 2.45) is 5.73 Å². The Hall–Kier alpha value is -0.120. The van der Waals surface area contributed by atoms with Gasteiger partial charge in [-0.15, -0.1) is 0 Å². The molecule has 0 aromatic carbocycles. The van der Waals surface area contributed by atoms with Crippen LogP contribution in [0.25, 0.3) is 0 Å². The van der Waals surface area contributed by atoms with Gasteiger partial charge in [0.2, 0.25) is 0 Å². The molecule has 0 bridgehead atoms. The van der Waals surface area contributed by atoms with Gasteiger partial charge in [0.25, 0.3) is 0 Å². The number of nitrogens with two attached hydrogens (primary N) is 1. The van der Waals surface area contributed by atoms with Gasteiger partial charge in [0.05, 0.1) is 0 Å². The van der Waals surface area contributed by atoms with Crippen LogP contribution in [0.1, 0.15) is 52.9 Å². The summed E-state index contributed by atoms with van der Waals surface area (Å²) in [5.74, 6) is 0. The Balaban J connectivity index is 2.13. The Labute approximate surface area is 113 Å². The normalized spacial score (nSPS) is 33.3. The first-order valence-electron chi connectivity index (χ1n) is 7.87. The summed E-state index contributed by atoms with van der Waals surface area (Å²) < 4.78 is 0. The highest BCUT2D eigenvalue weighted by molar-refractivity contribution is 5.00. The molecule has 2 N–H and O–H groups in total. The van der Waals surface area contributed by atoms with Crippen LogP contribution in [0.4, 0.5) is 0 Å². The van der Waals surface area contributed by atoms with Gasteiger partial charge in [-0.05, 0) is 39.2 Å². The Morgan fingerprint density at radius 3 is 2.67 bits per heavy atom. The molecule has 0 amide bonds. The number of hydrogen-bond donors (Lipinski definition) is 1. The number of hydrogen-bond acceptors (Lipinski definition) is 3. The third-order valence-electron chi connectivity index (χ3n) is 5.30. The standard InChI is InChI=1S/C15H31N3/c1-4-8-15(5-2,12-16)18-11-14-7-6-9-17(14)10-13(18)3/h13-14H,4-12,16H2,1-3H3. The van der Waals surface area contributed by atoms with Crippen LogP contribution >= 0.6 is 0 Å². The van der Waals surface area contributed by atoms with Crippen LogP contribution in [0.3, 0.4) is 0 Å². The van der Waals surface area contributed by atoms with Crippen molar-refractivity contribution in [3.8, 4) is 0 Å². The van der Waals surface area contributed by atoms with Crippen LogP contribution < -0.4 is 5.73 Å². The molecule has 0 aromatic heterocycles. The molecule has 18 heavy (non-hydrogen) atoms. The quantitative estimate of drug-likeness (QED) is 0.814. The third kappa shape index (κ3) is 2.45. The molecule has 2 heterocycles. The predicted molar refractivity (Wildman–Crippen MR) is 77.7 cm³/mol. The number of fused-ring (bicyclic) bond motifs is 1. The maximum Gasteiger partial charge on any atom is 0.0333 e. The van der Waals surface area contributed by atoms with Gasteiger partial charge in [0.15, 0.2) is 0 Å². The van der Waals surface area contributed by atoms with Crippen molar-refractivity contribution in [1.29, 1.82) is 0 Å². The average Bonchev–Trinajstić information content (AvgIpc) is 2.82. The maximum atomic E-state index is 6.18. The third-order valence-corrected chi connectivity index (χ3v) is 5.30. The fourth-order valence-corrected chi connectivity index (χ4v) is 4.20. The van der Waals surface area contributed by atoms with Crippen LogP contribution in [0, 0.1) is 0 Å². The van der Waals surface area contributed by atoms with E-state index in [1.807, 2.05) is 0 Å². The molecule has 0 saturated carbocycles. The summed E-state index contributed by atoms with van der Waals surface area (Å²) in [7, 11) is 0. The van der Waals surface area contributed by atoms with E-state index in [4.69, 9.17) is 5.73 Å². The van der Waals surface area contributed by atoms with Gasteiger partial charge in [-0.1, -0.05) is 20.3 Å². The first-order valence-corrected chi connectivity index (χ1v) is 7.87. The van der Waals surface area contributed by atoms with Gasteiger partial charge >= 0.3 is 0 Å². The molecule has 0 spiro atoms. The van der Waals surface area contributed by atoms with Crippen LogP contribution in [0.15, 0.2) is 0 Å². The topological polar surface area (TPSA) is 32.5 Å². The zero-order chi connectivity index (χ0) is 13.2. The lowest BCUT2D eigenvalue weighted by molar-refractivity contribution is -0.0271. The largest absolute Gasteiger partial charge is 0.329 e. The maximum absolute atomic E-state index is 6.18. The minimum Gasteiger partial charge on any atom is -0.329 e. The SMILES string of the molecule is CCCC(CC)(CN)N1CC2CCCN2CC1C. The van der Waals surface area contributed by atoms with Crippen LogP contribution in [0.2, 0.25) is 0 Å². The summed E-state index contributed by atoms with van der Waals surface area (Å²) >= 11 is 0. The van der Waals surface area contributed by atoms with E-state index >= 15 is 0 Å². The molecule has 3 atom stereocenters. The second-order valence-corrected chi connectivity index (χ2v) is 6.32. The monoisotopic (exact) mass is 253 g/mol. The van der Waals surface area contributed by atoms with Gasteiger partial charge < -0.3 is 5.73 Å². The van der Waals surface area contributed by atoms with Crippen molar-refractivity contribution in [2.45, 2.75) is 70.5 Å². The highest BCUT2D eigenvalue weighted by Gasteiger charge is 2.42. The second kappa shape index (κ2) is 5.89. The highest BCUT2D eigenvalue weighted by Crippen LogP contribution is 2.33. The molecule has 0 aliphatic carbocycles. The molecule has 0 radical (unpaired) electrons. The first-order chi connectivity index (χ1) is 8.66. The fourth-order valence-electron chi connectivity index (χ4n) is 4.20. The smallest absolute Gasteiger partial charge is 0.0333 e. The van der Waals surface area contributed by atoms with Gasteiger partial charge in [-0.2, -0.15) is 0 Å². The van der Waals surface area contributed by atoms with E-state index in [0.29, 0.717) is 6.04 Å². The van der Waals surface area contributed by atoms with E-state index in [-0.39, 0.29) is 5.54 Å². The second-order valence-electron chi connectivity index (χ2n) is 6.32.